The van der Waals surface area contributed by atoms with Crippen molar-refractivity contribution < 1.29 is 9.84 Å². The molecule has 18 heavy (non-hydrogen) atoms. The van der Waals surface area contributed by atoms with Gasteiger partial charge >= 0.3 is 0 Å². The van der Waals surface area contributed by atoms with Gasteiger partial charge in [0.1, 0.15) is 5.75 Å². The van der Waals surface area contributed by atoms with Gasteiger partial charge in [0, 0.05) is 12.3 Å². The van der Waals surface area contributed by atoms with Crippen molar-refractivity contribution in [2.24, 2.45) is 0 Å². The number of nitrogens with zero attached hydrogens (tertiary/aromatic N) is 1. The van der Waals surface area contributed by atoms with Gasteiger partial charge in [-0.25, -0.2) is 4.98 Å². The molecule has 0 amide bonds. The molecule has 2 rings (SSSR count). The fraction of sp³-hybridized carbons (Fsp3) is 0.214. The summed E-state index contributed by atoms with van der Waals surface area (Å²) in [6, 6.07) is 9.33. The van der Waals surface area contributed by atoms with Crippen LogP contribution >= 0.6 is 15.9 Å². The lowest BCUT2D eigenvalue weighted by molar-refractivity contribution is 0.198. The Labute approximate surface area is 115 Å². The SMILES string of the molecule is Cc1ccc(Oc2cc(C(C)O)ccn2)c(Br)c1. The van der Waals surface area contributed by atoms with Crippen LogP contribution in [0, 0.1) is 6.92 Å². The monoisotopic (exact) mass is 307 g/mol. The Bertz CT molecular complexity index is 555. The number of aryl methyl sites for hydroxylation is 1. The van der Waals surface area contributed by atoms with Crippen LogP contribution in [0.4, 0.5) is 0 Å². The Balaban J connectivity index is 2.25. The number of aliphatic hydroxyl groups is 1. The predicted octanol–water partition coefficient (Wildman–Crippen LogP) is 4.00. The van der Waals surface area contributed by atoms with Gasteiger partial charge in [-0.2, -0.15) is 0 Å². The molecule has 0 aliphatic rings. The second-order valence-electron chi connectivity index (χ2n) is 4.14. The molecule has 0 aliphatic heterocycles. The van der Waals surface area contributed by atoms with Crippen molar-refractivity contribution in [2.75, 3.05) is 0 Å². The smallest absolute Gasteiger partial charge is 0.219 e. The molecule has 1 N–H and O–H groups in total. The summed E-state index contributed by atoms with van der Waals surface area (Å²) in [5, 5.41) is 9.51. The molecule has 1 aromatic heterocycles. The fourth-order valence-electron chi connectivity index (χ4n) is 1.54. The summed E-state index contributed by atoms with van der Waals surface area (Å²) < 4.78 is 6.57. The van der Waals surface area contributed by atoms with Gasteiger partial charge in [0.25, 0.3) is 0 Å². The summed E-state index contributed by atoms with van der Waals surface area (Å²) in [7, 11) is 0. The quantitative estimate of drug-likeness (QED) is 0.932. The molecule has 1 heterocycles. The third-order valence-corrected chi connectivity index (χ3v) is 3.16. The lowest BCUT2D eigenvalue weighted by Crippen LogP contribution is -1.94. The number of halogens is 1. The van der Waals surface area contributed by atoms with E-state index in [1.54, 1.807) is 25.3 Å². The summed E-state index contributed by atoms with van der Waals surface area (Å²) in [5.41, 5.74) is 1.93. The molecule has 3 nitrogen and oxygen atoms in total. The van der Waals surface area contributed by atoms with Crippen LogP contribution in [-0.4, -0.2) is 10.1 Å². The number of hydrogen-bond donors (Lipinski definition) is 1. The van der Waals surface area contributed by atoms with Gasteiger partial charge < -0.3 is 9.84 Å². The first-order valence-corrected chi connectivity index (χ1v) is 6.43. The average molecular weight is 308 g/mol. The number of benzene rings is 1. The normalized spacial score (nSPS) is 12.2. The molecule has 0 spiro atoms. The van der Waals surface area contributed by atoms with Crippen LogP contribution < -0.4 is 4.74 Å². The molecular formula is C14H14BrNO2. The van der Waals surface area contributed by atoms with Crippen LogP contribution in [-0.2, 0) is 0 Å². The minimum atomic E-state index is -0.531. The van der Waals surface area contributed by atoms with E-state index in [-0.39, 0.29) is 0 Å². The van der Waals surface area contributed by atoms with Crippen LogP contribution in [0.15, 0.2) is 41.0 Å². The van der Waals surface area contributed by atoms with E-state index in [9.17, 15) is 5.11 Å². The predicted molar refractivity (Wildman–Crippen MR) is 73.8 cm³/mol. The summed E-state index contributed by atoms with van der Waals surface area (Å²) >= 11 is 3.45. The van der Waals surface area contributed by atoms with Crippen molar-refractivity contribution in [1.82, 2.24) is 4.98 Å². The number of ether oxygens (including phenoxy) is 1. The first-order valence-electron chi connectivity index (χ1n) is 5.64. The summed E-state index contributed by atoms with van der Waals surface area (Å²) in [6.45, 7) is 3.72. The van der Waals surface area contributed by atoms with Crippen molar-refractivity contribution in [3.05, 3.63) is 52.1 Å². The van der Waals surface area contributed by atoms with Gasteiger partial charge in [0.2, 0.25) is 5.88 Å². The van der Waals surface area contributed by atoms with E-state index in [2.05, 4.69) is 20.9 Å². The molecule has 0 bridgehead atoms. The van der Waals surface area contributed by atoms with Crippen molar-refractivity contribution in [2.45, 2.75) is 20.0 Å². The number of aliphatic hydroxyl groups excluding tert-OH is 1. The topological polar surface area (TPSA) is 42.4 Å². The first-order chi connectivity index (χ1) is 8.56. The van der Waals surface area contributed by atoms with E-state index in [0.29, 0.717) is 11.6 Å². The maximum atomic E-state index is 9.51. The Hall–Kier alpha value is -1.39. The molecule has 0 saturated heterocycles. The van der Waals surface area contributed by atoms with Crippen molar-refractivity contribution in [3.63, 3.8) is 0 Å². The zero-order chi connectivity index (χ0) is 13.1. The van der Waals surface area contributed by atoms with E-state index in [1.807, 2.05) is 25.1 Å². The molecule has 94 valence electrons. The maximum Gasteiger partial charge on any atom is 0.219 e. The van der Waals surface area contributed by atoms with Gasteiger partial charge in [-0.1, -0.05) is 6.07 Å². The number of aromatic nitrogens is 1. The van der Waals surface area contributed by atoms with Gasteiger partial charge in [-0.15, -0.1) is 0 Å². The molecule has 0 aliphatic carbocycles. The zero-order valence-electron chi connectivity index (χ0n) is 10.2. The molecule has 0 radical (unpaired) electrons. The standard InChI is InChI=1S/C14H14BrNO2/c1-9-3-4-13(12(15)7-9)18-14-8-11(10(2)17)5-6-16-14/h3-8,10,17H,1-2H3. The Morgan fingerprint density at radius 2 is 2.06 bits per heavy atom. The second-order valence-corrected chi connectivity index (χ2v) is 4.99. The third-order valence-electron chi connectivity index (χ3n) is 2.54. The minimum absolute atomic E-state index is 0.470. The second kappa shape index (κ2) is 5.50. The highest BCUT2D eigenvalue weighted by Gasteiger charge is 2.06. The van der Waals surface area contributed by atoms with Crippen LogP contribution in [0.25, 0.3) is 0 Å². The number of rotatable bonds is 3. The van der Waals surface area contributed by atoms with Gasteiger partial charge in [0.15, 0.2) is 0 Å². The van der Waals surface area contributed by atoms with Crippen LogP contribution in [0.3, 0.4) is 0 Å². The fourth-order valence-corrected chi connectivity index (χ4v) is 2.12. The van der Waals surface area contributed by atoms with E-state index in [4.69, 9.17) is 4.74 Å². The molecule has 2 aromatic rings. The lowest BCUT2D eigenvalue weighted by Gasteiger charge is -2.09. The van der Waals surface area contributed by atoms with E-state index < -0.39 is 6.10 Å². The van der Waals surface area contributed by atoms with E-state index in [1.165, 1.54) is 0 Å². The minimum Gasteiger partial charge on any atom is -0.438 e. The molecule has 1 aromatic carbocycles. The zero-order valence-corrected chi connectivity index (χ0v) is 11.8. The van der Waals surface area contributed by atoms with E-state index in [0.717, 1.165) is 15.6 Å². The van der Waals surface area contributed by atoms with Crippen LogP contribution in [0.1, 0.15) is 24.2 Å². The largest absolute Gasteiger partial charge is 0.438 e. The summed E-state index contributed by atoms with van der Waals surface area (Å²) in [6.07, 6.45) is 1.09. The molecular weight excluding hydrogens is 294 g/mol. The van der Waals surface area contributed by atoms with Gasteiger partial charge in [-0.3, -0.25) is 0 Å². The highest BCUT2D eigenvalue weighted by atomic mass is 79.9. The first kappa shape index (κ1) is 13.1. The Morgan fingerprint density at radius 3 is 2.72 bits per heavy atom. The highest BCUT2D eigenvalue weighted by molar-refractivity contribution is 9.10. The highest BCUT2D eigenvalue weighted by Crippen LogP contribution is 2.30. The molecule has 1 unspecified atom stereocenters. The lowest BCUT2D eigenvalue weighted by atomic mass is 10.2. The Morgan fingerprint density at radius 1 is 1.28 bits per heavy atom. The van der Waals surface area contributed by atoms with Gasteiger partial charge in [0.05, 0.1) is 10.6 Å². The summed E-state index contributed by atoms with van der Waals surface area (Å²) in [5.74, 6) is 1.17. The van der Waals surface area contributed by atoms with Gasteiger partial charge in [-0.05, 0) is 59.1 Å². The average Bonchev–Trinajstić information content (AvgIpc) is 2.33. The van der Waals surface area contributed by atoms with Crippen molar-refractivity contribution in [1.29, 1.82) is 0 Å². The molecule has 0 saturated carbocycles. The summed E-state index contributed by atoms with van der Waals surface area (Å²) in [4.78, 5) is 4.13. The van der Waals surface area contributed by atoms with Crippen LogP contribution in [0.2, 0.25) is 0 Å². The van der Waals surface area contributed by atoms with Crippen molar-refractivity contribution >= 4 is 15.9 Å². The molecule has 4 heteroatoms. The van der Waals surface area contributed by atoms with Crippen LogP contribution in [0.5, 0.6) is 11.6 Å². The maximum absolute atomic E-state index is 9.51. The molecule has 0 fully saturated rings. The van der Waals surface area contributed by atoms with E-state index >= 15 is 0 Å². The third kappa shape index (κ3) is 3.09. The number of hydrogen-bond acceptors (Lipinski definition) is 3. The number of pyridine rings is 1. The van der Waals surface area contributed by atoms with Crippen molar-refractivity contribution in [3.8, 4) is 11.6 Å². The Kier molecular flexibility index (Phi) is 3.99. The molecule has 1 atom stereocenters.